The Kier molecular flexibility index (Phi) is 4.10. The van der Waals surface area contributed by atoms with Crippen LogP contribution in [-0.4, -0.2) is 29.6 Å². The van der Waals surface area contributed by atoms with Gasteiger partial charge < -0.3 is 9.42 Å². The lowest BCUT2D eigenvalue weighted by Crippen LogP contribution is -2.31. The minimum absolute atomic E-state index is 0.0852. The van der Waals surface area contributed by atoms with Crippen LogP contribution in [0.25, 0.3) is 11.3 Å². The zero-order valence-electron chi connectivity index (χ0n) is 14.5. The number of hydrogen-bond donors (Lipinski definition) is 0. The number of benzene rings is 1. The molecule has 1 aromatic heterocycles. The fourth-order valence-corrected chi connectivity index (χ4v) is 3.57. The third-order valence-corrected chi connectivity index (χ3v) is 5.55. The van der Waals surface area contributed by atoms with Crippen LogP contribution in [0.2, 0.25) is 0 Å². The summed E-state index contributed by atoms with van der Waals surface area (Å²) in [6.07, 6.45) is 6.10. The van der Waals surface area contributed by atoms with E-state index in [-0.39, 0.29) is 11.2 Å². The first-order chi connectivity index (χ1) is 12.1. The second-order valence-corrected chi connectivity index (χ2v) is 7.49. The third-order valence-electron chi connectivity index (χ3n) is 5.55. The van der Waals surface area contributed by atoms with E-state index in [2.05, 4.69) is 5.16 Å². The summed E-state index contributed by atoms with van der Waals surface area (Å²) in [7, 11) is 1.92. The highest BCUT2D eigenvalue weighted by Gasteiger charge is 2.74. The predicted molar refractivity (Wildman–Crippen MR) is 92.2 cm³/mol. The number of amides is 1. The van der Waals surface area contributed by atoms with Crippen LogP contribution in [-0.2, 0) is 11.2 Å². The first kappa shape index (κ1) is 16.3. The van der Waals surface area contributed by atoms with Crippen molar-refractivity contribution in [2.45, 2.75) is 38.5 Å². The number of hydrogen-bond acceptors (Lipinski definition) is 3. The number of fused-ring (bicyclic) bond motifs is 1. The molecule has 0 spiro atoms. The summed E-state index contributed by atoms with van der Waals surface area (Å²) in [6.45, 7) is 0.832. The van der Waals surface area contributed by atoms with Crippen molar-refractivity contribution in [3.63, 3.8) is 0 Å². The smallest absolute Gasteiger partial charge is 0.228 e. The monoisotopic (exact) mass is 342 g/mol. The fourth-order valence-electron chi connectivity index (χ4n) is 3.57. The van der Waals surface area contributed by atoms with Crippen LogP contribution in [0.15, 0.2) is 34.9 Å². The maximum absolute atomic E-state index is 13.3. The molecule has 132 valence electrons. The topological polar surface area (TPSA) is 46.3 Å². The van der Waals surface area contributed by atoms with Gasteiger partial charge >= 0.3 is 0 Å². The Bertz CT molecular complexity index is 780. The van der Waals surface area contributed by atoms with E-state index >= 15 is 0 Å². The van der Waals surface area contributed by atoms with E-state index in [0.717, 1.165) is 56.4 Å². The molecular weight excluding hydrogens is 319 g/mol. The lowest BCUT2D eigenvalue weighted by molar-refractivity contribution is -0.133. The molecule has 4 nitrogen and oxygen atoms in total. The van der Waals surface area contributed by atoms with Gasteiger partial charge in [-0.15, -0.1) is 0 Å². The number of unbranched alkanes of at least 4 members (excludes halogenated alkanes) is 2. The number of carbonyl (C=O) groups is 1. The molecule has 1 aromatic carbocycles. The average molecular weight is 342 g/mol. The Labute approximate surface area is 147 Å². The van der Waals surface area contributed by atoms with Crippen molar-refractivity contribution in [2.24, 2.45) is 11.3 Å². The van der Waals surface area contributed by atoms with Gasteiger partial charge in [-0.25, -0.2) is 4.39 Å². The third kappa shape index (κ3) is 3.32. The van der Waals surface area contributed by atoms with Gasteiger partial charge in [-0.2, -0.15) is 0 Å². The lowest BCUT2D eigenvalue weighted by Gasteiger charge is -2.18. The number of aromatic nitrogens is 1. The van der Waals surface area contributed by atoms with Crippen LogP contribution < -0.4 is 0 Å². The normalized spacial score (nSPS) is 23.2. The molecule has 0 unspecified atom stereocenters. The van der Waals surface area contributed by atoms with Gasteiger partial charge in [0.2, 0.25) is 5.91 Å². The van der Waals surface area contributed by atoms with Crippen LogP contribution >= 0.6 is 0 Å². The van der Waals surface area contributed by atoms with Gasteiger partial charge in [0.05, 0.1) is 5.41 Å². The minimum atomic E-state index is -0.274. The molecule has 0 radical (unpaired) electrons. The summed E-state index contributed by atoms with van der Waals surface area (Å²) in [5.41, 5.74) is 1.48. The van der Waals surface area contributed by atoms with Gasteiger partial charge in [0.1, 0.15) is 17.3 Å². The molecule has 1 amide bonds. The van der Waals surface area contributed by atoms with E-state index in [4.69, 9.17) is 4.52 Å². The van der Waals surface area contributed by atoms with E-state index in [9.17, 15) is 9.18 Å². The van der Waals surface area contributed by atoms with Gasteiger partial charge in [-0.05, 0) is 43.7 Å². The number of rotatable bonds is 8. The highest BCUT2D eigenvalue weighted by Crippen LogP contribution is 2.75. The summed E-state index contributed by atoms with van der Waals surface area (Å²) in [5.74, 6) is 1.61. The molecular formula is C20H23FN2O2. The lowest BCUT2D eigenvalue weighted by atomic mass is 10.1. The van der Waals surface area contributed by atoms with E-state index < -0.39 is 0 Å². The van der Waals surface area contributed by atoms with Gasteiger partial charge in [0, 0.05) is 31.6 Å². The molecule has 0 saturated heterocycles. The van der Waals surface area contributed by atoms with E-state index in [1.807, 2.05) is 24.1 Å². The molecule has 0 N–H and O–H groups in total. The van der Waals surface area contributed by atoms with Crippen molar-refractivity contribution in [1.82, 2.24) is 10.1 Å². The molecule has 0 aliphatic heterocycles. The van der Waals surface area contributed by atoms with Gasteiger partial charge in [0.15, 0.2) is 0 Å². The second-order valence-electron chi connectivity index (χ2n) is 7.49. The predicted octanol–water partition coefficient (Wildman–Crippen LogP) is 4.06. The van der Waals surface area contributed by atoms with Crippen LogP contribution in [0.3, 0.4) is 0 Å². The maximum Gasteiger partial charge on any atom is 0.228 e. The molecule has 1 heterocycles. The van der Waals surface area contributed by atoms with Crippen molar-refractivity contribution < 1.29 is 13.7 Å². The summed E-state index contributed by atoms with van der Waals surface area (Å²) in [5, 5.41) is 4.02. The summed E-state index contributed by atoms with van der Waals surface area (Å²) in [6, 6.07) is 8.24. The fraction of sp³-hybridized carbons (Fsp3) is 0.500. The molecule has 2 aliphatic rings. The van der Waals surface area contributed by atoms with Gasteiger partial charge in [-0.3, -0.25) is 4.79 Å². The SMILES string of the molecule is CN(CCCCCc1cc(-c2cccc(F)c2)no1)C(=O)C12CC1C2. The Morgan fingerprint density at radius 2 is 2.12 bits per heavy atom. The number of nitrogens with zero attached hydrogens (tertiary/aromatic N) is 2. The van der Waals surface area contributed by atoms with Crippen LogP contribution in [0.4, 0.5) is 4.39 Å². The summed E-state index contributed by atoms with van der Waals surface area (Å²) >= 11 is 0. The molecule has 2 aromatic rings. The molecule has 0 bridgehead atoms. The molecule has 5 heteroatoms. The van der Waals surface area contributed by atoms with Crippen LogP contribution in [0.5, 0.6) is 0 Å². The molecule has 2 fully saturated rings. The summed E-state index contributed by atoms with van der Waals surface area (Å²) < 4.78 is 18.6. The van der Waals surface area contributed by atoms with Crippen LogP contribution in [0.1, 0.15) is 37.9 Å². The molecule has 4 rings (SSSR count). The highest BCUT2D eigenvalue weighted by atomic mass is 19.1. The minimum Gasteiger partial charge on any atom is -0.361 e. The van der Waals surface area contributed by atoms with E-state index in [1.54, 1.807) is 6.07 Å². The van der Waals surface area contributed by atoms with Crippen molar-refractivity contribution in [3.8, 4) is 11.3 Å². The number of halogens is 1. The quantitative estimate of drug-likeness (QED) is 0.680. The molecule has 2 aliphatic carbocycles. The van der Waals surface area contributed by atoms with Crippen molar-refractivity contribution >= 4 is 5.91 Å². The standard InChI is InChI=1S/C20H23FN2O2/c1-23(19(24)20-12-15(20)13-20)9-4-2-3-8-17-11-18(22-25-17)14-6-5-7-16(21)10-14/h5-7,10-11,15H,2-4,8-9,12-13H2,1H3. The van der Waals surface area contributed by atoms with E-state index in [0.29, 0.717) is 17.5 Å². The van der Waals surface area contributed by atoms with Crippen molar-refractivity contribution in [1.29, 1.82) is 0 Å². The molecule has 25 heavy (non-hydrogen) atoms. The Balaban J connectivity index is 1.18. The Hall–Kier alpha value is -2.17. The largest absolute Gasteiger partial charge is 0.361 e. The van der Waals surface area contributed by atoms with Crippen molar-refractivity contribution in [3.05, 3.63) is 41.9 Å². The first-order valence-corrected chi connectivity index (χ1v) is 9.06. The maximum atomic E-state index is 13.3. The van der Waals surface area contributed by atoms with Crippen LogP contribution in [0, 0.1) is 17.2 Å². The first-order valence-electron chi connectivity index (χ1n) is 9.06. The average Bonchev–Trinajstić information content (AvgIpc) is 3.41. The number of carbonyl (C=O) groups excluding carboxylic acids is 1. The highest BCUT2D eigenvalue weighted by molar-refractivity contribution is 5.89. The van der Waals surface area contributed by atoms with Gasteiger partial charge in [0.25, 0.3) is 0 Å². The summed E-state index contributed by atoms with van der Waals surface area (Å²) in [4.78, 5) is 14.1. The Morgan fingerprint density at radius 1 is 1.32 bits per heavy atom. The Morgan fingerprint density at radius 3 is 2.84 bits per heavy atom. The second kappa shape index (κ2) is 6.28. The zero-order chi connectivity index (χ0) is 17.4. The molecule has 2 saturated carbocycles. The van der Waals surface area contributed by atoms with Crippen molar-refractivity contribution in [2.75, 3.05) is 13.6 Å². The van der Waals surface area contributed by atoms with E-state index in [1.165, 1.54) is 12.1 Å². The van der Waals surface area contributed by atoms with Gasteiger partial charge in [-0.1, -0.05) is 23.7 Å². The number of aryl methyl sites for hydroxylation is 1. The molecule has 0 atom stereocenters. The zero-order valence-corrected chi connectivity index (χ0v) is 14.5.